The number of carbonyl (C=O) groups excluding carboxylic acids is 1. The first-order valence-electron chi connectivity index (χ1n) is 6.46. The zero-order valence-corrected chi connectivity index (χ0v) is 11.7. The lowest BCUT2D eigenvalue weighted by molar-refractivity contribution is 0.148. The molecule has 0 aromatic heterocycles. The summed E-state index contributed by atoms with van der Waals surface area (Å²) in [5, 5.41) is 2.72. The highest BCUT2D eigenvalue weighted by molar-refractivity contribution is 5.68. The number of hydrogen-bond donors (Lipinski definition) is 2. The molecule has 0 saturated heterocycles. The summed E-state index contributed by atoms with van der Waals surface area (Å²) in [5.74, 6) is 0.761. The molecule has 1 amide bonds. The number of nitrogens with one attached hydrogen (secondary N) is 1. The molecule has 0 heterocycles. The van der Waals surface area contributed by atoms with Crippen molar-refractivity contribution in [2.24, 2.45) is 5.73 Å². The van der Waals surface area contributed by atoms with Gasteiger partial charge in [0.25, 0.3) is 0 Å². The maximum atomic E-state index is 11.4. The third-order valence-electron chi connectivity index (χ3n) is 2.44. The molecule has 5 heteroatoms. The van der Waals surface area contributed by atoms with Crippen molar-refractivity contribution in [2.45, 2.75) is 32.9 Å². The fourth-order valence-electron chi connectivity index (χ4n) is 1.67. The lowest BCUT2D eigenvalue weighted by Crippen LogP contribution is -2.33. The summed E-state index contributed by atoms with van der Waals surface area (Å²) in [4.78, 5) is 11.4. The van der Waals surface area contributed by atoms with Crippen LogP contribution in [0.4, 0.5) is 4.79 Å². The van der Waals surface area contributed by atoms with Crippen molar-refractivity contribution in [3.05, 3.63) is 29.8 Å². The number of nitrogens with two attached hydrogens (primary N) is 1. The van der Waals surface area contributed by atoms with E-state index in [4.69, 9.17) is 15.2 Å². The Balaban J connectivity index is 2.77. The maximum absolute atomic E-state index is 11.4. The molecule has 0 radical (unpaired) electrons. The number of rotatable bonds is 6. The Kier molecular flexibility index (Phi) is 6.15. The second-order valence-electron chi connectivity index (χ2n) is 4.39. The van der Waals surface area contributed by atoms with Gasteiger partial charge in [0, 0.05) is 6.54 Å². The minimum absolute atomic E-state index is 0.101. The van der Waals surface area contributed by atoms with Crippen molar-refractivity contribution >= 4 is 6.09 Å². The molecule has 1 unspecified atom stereocenters. The highest BCUT2D eigenvalue weighted by atomic mass is 16.5. The van der Waals surface area contributed by atoms with Gasteiger partial charge in [0.1, 0.15) is 5.75 Å². The van der Waals surface area contributed by atoms with Gasteiger partial charge in [-0.2, -0.15) is 0 Å². The van der Waals surface area contributed by atoms with E-state index in [1.807, 2.05) is 38.1 Å². The molecule has 1 aromatic carbocycles. The number of amides is 1. The zero-order chi connectivity index (χ0) is 14.3. The van der Waals surface area contributed by atoms with E-state index >= 15 is 0 Å². The van der Waals surface area contributed by atoms with Crippen molar-refractivity contribution in [3.63, 3.8) is 0 Å². The molecular weight excluding hydrogens is 244 g/mol. The number of carbonyl (C=O) groups is 1. The summed E-state index contributed by atoms with van der Waals surface area (Å²) >= 11 is 0. The Morgan fingerprint density at radius 3 is 2.74 bits per heavy atom. The highest BCUT2D eigenvalue weighted by Crippen LogP contribution is 2.20. The first-order valence-corrected chi connectivity index (χ1v) is 6.46. The van der Waals surface area contributed by atoms with Crippen molar-refractivity contribution in [1.82, 2.24) is 5.32 Å². The zero-order valence-electron chi connectivity index (χ0n) is 11.7. The molecule has 0 aliphatic rings. The van der Waals surface area contributed by atoms with E-state index in [2.05, 4.69) is 5.32 Å². The van der Waals surface area contributed by atoms with Gasteiger partial charge < -0.3 is 20.5 Å². The van der Waals surface area contributed by atoms with Crippen LogP contribution < -0.4 is 15.8 Å². The van der Waals surface area contributed by atoms with Crippen LogP contribution in [0.5, 0.6) is 5.75 Å². The van der Waals surface area contributed by atoms with E-state index < -0.39 is 6.09 Å². The molecule has 0 fully saturated rings. The molecule has 1 atom stereocenters. The normalized spacial score (nSPS) is 12.1. The van der Waals surface area contributed by atoms with Gasteiger partial charge in [0.05, 0.1) is 18.8 Å². The van der Waals surface area contributed by atoms with Crippen molar-refractivity contribution < 1.29 is 14.3 Å². The summed E-state index contributed by atoms with van der Waals surface area (Å²) < 4.78 is 10.5. The number of hydrogen-bond acceptors (Lipinski definition) is 4. The summed E-state index contributed by atoms with van der Waals surface area (Å²) in [6.07, 6.45) is -0.363. The molecule has 1 aromatic rings. The van der Waals surface area contributed by atoms with Crippen LogP contribution in [-0.2, 0) is 4.74 Å². The van der Waals surface area contributed by atoms with Gasteiger partial charge in [-0.15, -0.1) is 0 Å². The Morgan fingerprint density at radius 2 is 2.16 bits per heavy atom. The first kappa shape index (κ1) is 15.3. The predicted octanol–water partition coefficient (Wildman–Crippen LogP) is 2.22. The van der Waals surface area contributed by atoms with Crippen molar-refractivity contribution in [2.75, 3.05) is 13.2 Å². The van der Waals surface area contributed by atoms with Crippen molar-refractivity contribution in [3.8, 4) is 5.75 Å². The van der Waals surface area contributed by atoms with Crippen molar-refractivity contribution in [1.29, 1.82) is 0 Å². The maximum Gasteiger partial charge on any atom is 0.407 e. The molecule has 0 aliphatic carbocycles. The predicted molar refractivity (Wildman–Crippen MR) is 74.2 cm³/mol. The van der Waals surface area contributed by atoms with Crippen LogP contribution in [-0.4, -0.2) is 25.3 Å². The molecular formula is C14H22N2O3. The lowest BCUT2D eigenvalue weighted by atomic mass is 10.1. The molecule has 0 bridgehead atoms. The summed E-state index contributed by atoms with van der Waals surface area (Å²) in [7, 11) is 0. The standard InChI is InChI=1S/C14H22N2O3/c1-4-18-14(17)16-13(9-15)11-6-5-7-12(8-11)19-10(2)3/h5-8,10,13H,4,9,15H2,1-3H3,(H,16,17). The van der Waals surface area contributed by atoms with Gasteiger partial charge >= 0.3 is 6.09 Å². The van der Waals surface area contributed by atoms with Crippen LogP contribution in [0.2, 0.25) is 0 Å². The van der Waals surface area contributed by atoms with Crippen LogP contribution in [0.1, 0.15) is 32.4 Å². The summed E-state index contributed by atoms with van der Waals surface area (Å²) in [6.45, 7) is 6.31. The molecule has 3 N–H and O–H groups in total. The Labute approximate surface area is 114 Å². The monoisotopic (exact) mass is 266 g/mol. The average molecular weight is 266 g/mol. The fourth-order valence-corrected chi connectivity index (χ4v) is 1.67. The smallest absolute Gasteiger partial charge is 0.407 e. The molecule has 1 rings (SSSR count). The second-order valence-corrected chi connectivity index (χ2v) is 4.39. The minimum atomic E-state index is -0.465. The third kappa shape index (κ3) is 5.18. The van der Waals surface area contributed by atoms with E-state index in [1.54, 1.807) is 6.92 Å². The van der Waals surface area contributed by atoms with E-state index in [1.165, 1.54) is 0 Å². The minimum Gasteiger partial charge on any atom is -0.491 e. The Hall–Kier alpha value is -1.75. The number of ether oxygens (including phenoxy) is 2. The topological polar surface area (TPSA) is 73.6 Å². The second kappa shape index (κ2) is 7.63. The fraction of sp³-hybridized carbons (Fsp3) is 0.500. The number of benzene rings is 1. The van der Waals surface area contributed by atoms with E-state index in [0.29, 0.717) is 13.2 Å². The van der Waals surface area contributed by atoms with E-state index in [-0.39, 0.29) is 12.1 Å². The van der Waals surface area contributed by atoms with Crippen LogP contribution in [0.25, 0.3) is 0 Å². The van der Waals surface area contributed by atoms with Gasteiger partial charge in [-0.1, -0.05) is 12.1 Å². The SMILES string of the molecule is CCOC(=O)NC(CN)c1cccc(OC(C)C)c1. The summed E-state index contributed by atoms with van der Waals surface area (Å²) in [5.41, 5.74) is 6.59. The molecule has 19 heavy (non-hydrogen) atoms. The van der Waals surface area contributed by atoms with Gasteiger partial charge in [-0.25, -0.2) is 4.79 Å². The van der Waals surface area contributed by atoms with Crippen LogP contribution >= 0.6 is 0 Å². The lowest BCUT2D eigenvalue weighted by Gasteiger charge is -2.18. The molecule has 0 aliphatic heterocycles. The largest absolute Gasteiger partial charge is 0.491 e. The van der Waals surface area contributed by atoms with Gasteiger partial charge in [0.2, 0.25) is 0 Å². The number of alkyl carbamates (subject to hydrolysis) is 1. The molecule has 0 spiro atoms. The van der Waals surface area contributed by atoms with Crippen LogP contribution in [0, 0.1) is 0 Å². The molecule has 5 nitrogen and oxygen atoms in total. The first-order chi connectivity index (χ1) is 9.06. The Bertz CT molecular complexity index is 407. The Morgan fingerprint density at radius 1 is 1.42 bits per heavy atom. The van der Waals surface area contributed by atoms with Gasteiger partial charge in [-0.05, 0) is 38.5 Å². The summed E-state index contributed by atoms with van der Waals surface area (Å²) in [6, 6.07) is 7.25. The quantitative estimate of drug-likeness (QED) is 0.828. The van der Waals surface area contributed by atoms with E-state index in [0.717, 1.165) is 11.3 Å². The van der Waals surface area contributed by atoms with Gasteiger partial charge in [-0.3, -0.25) is 0 Å². The third-order valence-corrected chi connectivity index (χ3v) is 2.44. The van der Waals surface area contributed by atoms with Gasteiger partial charge in [0.15, 0.2) is 0 Å². The molecule has 0 saturated carbocycles. The average Bonchev–Trinajstić information content (AvgIpc) is 2.35. The van der Waals surface area contributed by atoms with Crippen LogP contribution in [0.15, 0.2) is 24.3 Å². The highest BCUT2D eigenvalue weighted by Gasteiger charge is 2.14. The van der Waals surface area contributed by atoms with Crippen LogP contribution in [0.3, 0.4) is 0 Å². The van der Waals surface area contributed by atoms with E-state index in [9.17, 15) is 4.79 Å². The molecule has 106 valence electrons.